The highest BCUT2D eigenvalue weighted by Gasteiger charge is 2.13. The van der Waals surface area contributed by atoms with E-state index in [9.17, 15) is 4.79 Å². The highest BCUT2D eigenvalue weighted by atomic mass is 16.2. The van der Waals surface area contributed by atoms with Gasteiger partial charge in [0.2, 0.25) is 5.91 Å². The summed E-state index contributed by atoms with van der Waals surface area (Å²) >= 11 is 0. The Morgan fingerprint density at radius 3 is 2.52 bits per heavy atom. The highest BCUT2D eigenvalue weighted by Crippen LogP contribution is 2.11. The van der Waals surface area contributed by atoms with Gasteiger partial charge in [-0.05, 0) is 24.1 Å². The molecule has 0 aliphatic carbocycles. The quantitative estimate of drug-likeness (QED) is 0.761. The normalized spacial score (nSPS) is 10.6. The fourth-order valence-electron chi connectivity index (χ4n) is 2.51. The molecule has 0 radical (unpaired) electrons. The van der Waals surface area contributed by atoms with Gasteiger partial charge in [-0.15, -0.1) is 0 Å². The number of hydrogen-bond donors (Lipinski definition) is 0. The minimum atomic E-state index is 0.226. The van der Waals surface area contributed by atoms with E-state index >= 15 is 0 Å². The van der Waals surface area contributed by atoms with Crippen LogP contribution in [0.25, 0.3) is 0 Å². The Bertz CT molecular complexity index is 560. The standard InChI is InChI=1S/C18H24N2O/c1-3-12-20(18(21)4-2)15-17-11-8-13-19(17)14-16-9-6-5-7-10-16/h5-11,13H,3-4,12,14-15H2,1-2H3. The minimum Gasteiger partial charge on any atom is -0.345 e. The topological polar surface area (TPSA) is 25.2 Å². The fourth-order valence-corrected chi connectivity index (χ4v) is 2.51. The molecule has 0 aliphatic heterocycles. The molecular formula is C18H24N2O. The van der Waals surface area contributed by atoms with Gasteiger partial charge in [-0.25, -0.2) is 0 Å². The van der Waals surface area contributed by atoms with Gasteiger partial charge in [0.25, 0.3) is 0 Å². The molecule has 3 nitrogen and oxygen atoms in total. The highest BCUT2D eigenvalue weighted by molar-refractivity contribution is 5.75. The SMILES string of the molecule is CCCN(Cc1cccn1Cc1ccccc1)C(=O)CC. The van der Waals surface area contributed by atoms with Crippen molar-refractivity contribution in [1.29, 1.82) is 0 Å². The van der Waals surface area contributed by atoms with Crippen LogP contribution in [0.5, 0.6) is 0 Å². The van der Waals surface area contributed by atoms with Gasteiger partial charge in [0.15, 0.2) is 0 Å². The molecule has 0 bridgehead atoms. The summed E-state index contributed by atoms with van der Waals surface area (Å²) in [5.74, 6) is 0.226. The third-order valence-electron chi connectivity index (χ3n) is 3.62. The van der Waals surface area contributed by atoms with Gasteiger partial charge in [0, 0.05) is 31.4 Å². The molecule has 2 rings (SSSR count). The number of rotatable bonds is 7. The second-order valence-corrected chi connectivity index (χ2v) is 5.28. The van der Waals surface area contributed by atoms with E-state index in [0.717, 1.165) is 19.5 Å². The number of nitrogens with zero attached hydrogens (tertiary/aromatic N) is 2. The Morgan fingerprint density at radius 2 is 1.86 bits per heavy atom. The lowest BCUT2D eigenvalue weighted by Gasteiger charge is -2.22. The first-order valence-corrected chi connectivity index (χ1v) is 7.70. The van der Waals surface area contributed by atoms with E-state index in [4.69, 9.17) is 0 Å². The predicted octanol–water partition coefficient (Wildman–Crippen LogP) is 3.69. The van der Waals surface area contributed by atoms with Crippen LogP contribution in [0.15, 0.2) is 48.7 Å². The van der Waals surface area contributed by atoms with Crippen LogP contribution in [0.3, 0.4) is 0 Å². The lowest BCUT2D eigenvalue weighted by atomic mass is 10.2. The van der Waals surface area contributed by atoms with Crippen molar-refractivity contribution >= 4 is 5.91 Å². The summed E-state index contributed by atoms with van der Waals surface area (Å²) in [5, 5.41) is 0. The predicted molar refractivity (Wildman–Crippen MR) is 86.0 cm³/mol. The van der Waals surface area contributed by atoms with Crippen LogP contribution in [0.1, 0.15) is 37.9 Å². The molecule has 0 spiro atoms. The lowest BCUT2D eigenvalue weighted by molar-refractivity contribution is -0.131. The summed E-state index contributed by atoms with van der Waals surface area (Å²) < 4.78 is 2.22. The van der Waals surface area contributed by atoms with Gasteiger partial charge < -0.3 is 9.47 Å². The number of benzene rings is 1. The first-order chi connectivity index (χ1) is 10.2. The summed E-state index contributed by atoms with van der Waals surface area (Å²) in [7, 11) is 0. The molecule has 3 heteroatoms. The molecule has 1 heterocycles. The molecule has 1 amide bonds. The van der Waals surface area contributed by atoms with Gasteiger partial charge in [0.1, 0.15) is 0 Å². The molecule has 112 valence electrons. The average molecular weight is 284 g/mol. The summed E-state index contributed by atoms with van der Waals surface area (Å²) in [6.45, 7) is 6.40. The second kappa shape index (κ2) is 7.67. The van der Waals surface area contributed by atoms with Gasteiger partial charge in [-0.3, -0.25) is 4.79 Å². The van der Waals surface area contributed by atoms with Crippen LogP contribution in [0.2, 0.25) is 0 Å². The van der Waals surface area contributed by atoms with E-state index in [1.165, 1.54) is 11.3 Å². The Kier molecular flexibility index (Phi) is 5.61. The molecule has 2 aromatic rings. The van der Waals surface area contributed by atoms with Crippen molar-refractivity contribution in [3.05, 3.63) is 59.9 Å². The van der Waals surface area contributed by atoms with Gasteiger partial charge >= 0.3 is 0 Å². The number of hydrogen-bond acceptors (Lipinski definition) is 1. The van der Waals surface area contributed by atoms with Crippen molar-refractivity contribution in [2.24, 2.45) is 0 Å². The van der Waals surface area contributed by atoms with Crippen LogP contribution in [-0.2, 0) is 17.9 Å². The van der Waals surface area contributed by atoms with Crippen molar-refractivity contribution in [2.45, 2.75) is 39.8 Å². The smallest absolute Gasteiger partial charge is 0.222 e. The maximum Gasteiger partial charge on any atom is 0.222 e. The van der Waals surface area contributed by atoms with Crippen molar-refractivity contribution < 1.29 is 4.79 Å². The molecule has 0 atom stereocenters. The molecule has 21 heavy (non-hydrogen) atoms. The Morgan fingerprint density at radius 1 is 1.10 bits per heavy atom. The molecule has 0 aliphatic rings. The maximum absolute atomic E-state index is 12.0. The second-order valence-electron chi connectivity index (χ2n) is 5.28. The van der Waals surface area contributed by atoms with Gasteiger partial charge in [0.05, 0.1) is 6.54 Å². The summed E-state index contributed by atoms with van der Waals surface area (Å²) in [6.07, 6.45) is 3.65. The summed E-state index contributed by atoms with van der Waals surface area (Å²) in [5.41, 5.74) is 2.47. The summed E-state index contributed by atoms with van der Waals surface area (Å²) in [4.78, 5) is 14.0. The third-order valence-corrected chi connectivity index (χ3v) is 3.62. The van der Waals surface area contributed by atoms with E-state index in [-0.39, 0.29) is 5.91 Å². The molecule has 1 aromatic heterocycles. The fraction of sp³-hybridized carbons (Fsp3) is 0.389. The third kappa shape index (κ3) is 4.22. The van der Waals surface area contributed by atoms with Crippen LogP contribution in [0, 0.1) is 0 Å². The van der Waals surface area contributed by atoms with Crippen molar-refractivity contribution in [3.63, 3.8) is 0 Å². The average Bonchev–Trinajstić information content (AvgIpc) is 2.94. The molecule has 0 N–H and O–H groups in total. The molecular weight excluding hydrogens is 260 g/mol. The van der Waals surface area contributed by atoms with Gasteiger partial charge in [-0.2, -0.15) is 0 Å². The van der Waals surface area contributed by atoms with Crippen LogP contribution >= 0.6 is 0 Å². The van der Waals surface area contributed by atoms with Gasteiger partial charge in [-0.1, -0.05) is 44.2 Å². The summed E-state index contributed by atoms with van der Waals surface area (Å²) in [6, 6.07) is 14.6. The molecule has 0 saturated carbocycles. The van der Waals surface area contributed by atoms with Crippen molar-refractivity contribution in [3.8, 4) is 0 Å². The van der Waals surface area contributed by atoms with Crippen molar-refractivity contribution in [1.82, 2.24) is 9.47 Å². The Hall–Kier alpha value is -2.03. The first kappa shape index (κ1) is 15.4. The minimum absolute atomic E-state index is 0.226. The van der Waals surface area contributed by atoms with E-state index in [0.29, 0.717) is 13.0 Å². The van der Waals surface area contributed by atoms with Crippen LogP contribution < -0.4 is 0 Å². The zero-order chi connectivity index (χ0) is 15.1. The van der Waals surface area contributed by atoms with E-state index in [1.807, 2.05) is 17.9 Å². The largest absolute Gasteiger partial charge is 0.345 e. The van der Waals surface area contributed by atoms with E-state index < -0.39 is 0 Å². The lowest BCUT2D eigenvalue weighted by Crippen LogP contribution is -2.31. The number of amides is 1. The first-order valence-electron chi connectivity index (χ1n) is 7.70. The zero-order valence-corrected chi connectivity index (χ0v) is 13.0. The zero-order valence-electron chi connectivity index (χ0n) is 13.0. The van der Waals surface area contributed by atoms with E-state index in [1.54, 1.807) is 0 Å². The van der Waals surface area contributed by atoms with Crippen molar-refractivity contribution in [2.75, 3.05) is 6.54 Å². The molecule has 1 aromatic carbocycles. The Labute approximate surface area is 127 Å². The Balaban J connectivity index is 2.10. The number of aromatic nitrogens is 1. The molecule has 0 unspecified atom stereocenters. The van der Waals surface area contributed by atoms with E-state index in [2.05, 4.69) is 54.1 Å². The number of carbonyl (C=O) groups excluding carboxylic acids is 1. The van der Waals surface area contributed by atoms with Crippen LogP contribution in [-0.4, -0.2) is 21.9 Å². The van der Waals surface area contributed by atoms with Crippen LogP contribution in [0.4, 0.5) is 0 Å². The number of carbonyl (C=O) groups is 1. The maximum atomic E-state index is 12.0. The monoisotopic (exact) mass is 284 g/mol. The molecule has 0 saturated heterocycles. The molecule has 0 fully saturated rings.